The van der Waals surface area contributed by atoms with Crippen molar-refractivity contribution in [3.63, 3.8) is 0 Å². The van der Waals surface area contributed by atoms with Crippen molar-refractivity contribution in [2.24, 2.45) is 0 Å². The predicted molar refractivity (Wildman–Crippen MR) is 74.5 cm³/mol. The van der Waals surface area contributed by atoms with Crippen LogP contribution in [0.4, 0.5) is 11.4 Å². The van der Waals surface area contributed by atoms with Gasteiger partial charge in [0.05, 0.1) is 25.6 Å². The maximum absolute atomic E-state index is 6.04. The summed E-state index contributed by atoms with van der Waals surface area (Å²) in [7, 11) is 3.25. The highest BCUT2D eigenvalue weighted by Crippen LogP contribution is 2.36. The lowest BCUT2D eigenvalue weighted by Gasteiger charge is -2.25. The van der Waals surface area contributed by atoms with E-state index >= 15 is 0 Å². The summed E-state index contributed by atoms with van der Waals surface area (Å²) < 4.78 is 10.5. The summed E-state index contributed by atoms with van der Waals surface area (Å²) in [6, 6.07) is 4.26. The predicted octanol–water partition coefficient (Wildman–Crippen LogP) is 3.03. The zero-order chi connectivity index (χ0) is 13.0. The second-order valence-corrected chi connectivity index (χ2v) is 4.77. The van der Waals surface area contributed by atoms with E-state index in [9.17, 15) is 0 Å². The second kappa shape index (κ2) is 5.85. The fourth-order valence-electron chi connectivity index (χ4n) is 2.49. The van der Waals surface area contributed by atoms with Crippen LogP contribution in [-0.2, 0) is 0 Å². The van der Waals surface area contributed by atoms with Crippen LogP contribution in [0.25, 0.3) is 0 Å². The van der Waals surface area contributed by atoms with Crippen LogP contribution in [0, 0.1) is 0 Å². The fraction of sp³-hybridized carbons (Fsp3) is 0.571. The van der Waals surface area contributed by atoms with Crippen LogP contribution in [0.15, 0.2) is 12.1 Å². The Labute approximate surface area is 108 Å². The summed E-state index contributed by atoms with van der Waals surface area (Å²) >= 11 is 0. The number of hydrogen-bond acceptors (Lipinski definition) is 4. The van der Waals surface area contributed by atoms with Crippen LogP contribution >= 0.6 is 0 Å². The average Bonchev–Trinajstić information content (AvgIpc) is 2.41. The third-order valence-electron chi connectivity index (χ3n) is 3.52. The molecule has 0 heterocycles. The molecule has 4 heteroatoms. The molecule has 0 aliphatic heterocycles. The summed E-state index contributed by atoms with van der Waals surface area (Å²) in [6.45, 7) is 0. The van der Waals surface area contributed by atoms with Gasteiger partial charge in [0.25, 0.3) is 0 Å². The SMILES string of the molecule is COc1cc(N)c(NC2CCCCC2)cc1OC. The van der Waals surface area contributed by atoms with Crippen LogP contribution in [0.2, 0.25) is 0 Å². The highest BCUT2D eigenvalue weighted by molar-refractivity contribution is 5.72. The Hall–Kier alpha value is -1.58. The topological polar surface area (TPSA) is 56.5 Å². The minimum Gasteiger partial charge on any atom is -0.493 e. The molecule has 0 atom stereocenters. The van der Waals surface area contributed by atoms with Crippen molar-refractivity contribution in [2.45, 2.75) is 38.1 Å². The Morgan fingerprint density at radius 2 is 1.67 bits per heavy atom. The van der Waals surface area contributed by atoms with Gasteiger partial charge in [0, 0.05) is 18.2 Å². The molecule has 1 aromatic rings. The van der Waals surface area contributed by atoms with E-state index in [1.54, 1.807) is 14.2 Å². The van der Waals surface area contributed by atoms with Gasteiger partial charge in [0.1, 0.15) is 0 Å². The highest BCUT2D eigenvalue weighted by Gasteiger charge is 2.16. The first-order valence-electron chi connectivity index (χ1n) is 6.52. The summed E-state index contributed by atoms with van der Waals surface area (Å²) in [5.74, 6) is 1.38. The zero-order valence-electron chi connectivity index (χ0n) is 11.2. The van der Waals surface area contributed by atoms with E-state index in [1.165, 1.54) is 32.1 Å². The number of ether oxygens (including phenoxy) is 2. The number of methoxy groups -OCH3 is 2. The Balaban J connectivity index is 2.16. The number of rotatable bonds is 4. The van der Waals surface area contributed by atoms with Crippen molar-refractivity contribution < 1.29 is 9.47 Å². The van der Waals surface area contributed by atoms with Crippen molar-refractivity contribution in [2.75, 3.05) is 25.3 Å². The molecule has 1 fully saturated rings. The largest absolute Gasteiger partial charge is 0.493 e. The molecular formula is C14H22N2O2. The summed E-state index contributed by atoms with van der Waals surface area (Å²) in [4.78, 5) is 0. The van der Waals surface area contributed by atoms with Crippen molar-refractivity contribution in [3.8, 4) is 11.5 Å². The lowest BCUT2D eigenvalue weighted by Crippen LogP contribution is -2.22. The van der Waals surface area contributed by atoms with Crippen molar-refractivity contribution >= 4 is 11.4 Å². The third kappa shape index (κ3) is 2.81. The van der Waals surface area contributed by atoms with Crippen LogP contribution in [0.5, 0.6) is 11.5 Å². The molecule has 0 radical (unpaired) electrons. The summed E-state index contributed by atoms with van der Waals surface area (Å²) in [5, 5.41) is 3.51. The number of nitrogens with one attached hydrogen (secondary N) is 1. The Bertz CT molecular complexity index is 401. The zero-order valence-corrected chi connectivity index (χ0v) is 11.2. The number of hydrogen-bond donors (Lipinski definition) is 2. The van der Waals surface area contributed by atoms with Gasteiger partial charge >= 0.3 is 0 Å². The first-order valence-corrected chi connectivity index (χ1v) is 6.52. The van der Waals surface area contributed by atoms with E-state index in [0.29, 0.717) is 23.2 Å². The summed E-state index contributed by atoms with van der Waals surface area (Å²) in [5.41, 5.74) is 7.69. The van der Waals surface area contributed by atoms with E-state index in [4.69, 9.17) is 15.2 Å². The van der Waals surface area contributed by atoms with Gasteiger partial charge in [-0.15, -0.1) is 0 Å². The molecule has 3 N–H and O–H groups in total. The quantitative estimate of drug-likeness (QED) is 0.806. The molecule has 0 unspecified atom stereocenters. The molecule has 1 aromatic carbocycles. The van der Waals surface area contributed by atoms with Crippen LogP contribution in [0.1, 0.15) is 32.1 Å². The van der Waals surface area contributed by atoms with Gasteiger partial charge in [-0.05, 0) is 12.8 Å². The van der Waals surface area contributed by atoms with Gasteiger partial charge in [-0.1, -0.05) is 19.3 Å². The molecule has 0 spiro atoms. The van der Waals surface area contributed by atoms with Crippen LogP contribution < -0.4 is 20.5 Å². The molecule has 1 aliphatic rings. The van der Waals surface area contributed by atoms with Crippen molar-refractivity contribution in [1.29, 1.82) is 0 Å². The van der Waals surface area contributed by atoms with Crippen molar-refractivity contribution in [3.05, 3.63) is 12.1 Å². The second-order valence-electron chi connectivity index (χ2n) is 4.77. The highest BCUT2D eigenvalue weighted by atomic mass is 16.5. The molecule has 0 amide bonds. The minimum atomic E-state index is 0.527. The molecule has 0 saturated heterocycles. The Morgan fingerprint density at radius 3 is 2.28 bits per heavy atom. The monoisotopic (exact) mass is 250 g/mol. The van der Waals surface area contributed by atoms with E-state index in [1.807, 2.05) is 12.1 Å². The van der Waals surface area contributed by atoms with Gasteiger partial charge in [0.2, 0.25) is 0 Å². The molecule has 0 aromatic heterocycles. The molecular weight excluding hydrogens is 228 g/mol. The van der Waals surface area contributed by atoms with Gasteiger partial charge in [-0.25, -0.2) is 0 Å². The van der Waals surface area contributed by atoms with Gasteiger partial charge < -0.3 is 20.5 Å². The van der Waals surface area contributed by atoms with Crippen LogP contribution in [-0.4, -0.2) is 20.3 Å². The normalized spacial score (nSPS) is 16.3. The maximum atomic E-state index is 6.04. The van der Waals surface area contributed by atoms with Gasteiger partial charge in [0.15, 0.2) is 11.5 Å². The lowest BCUT2D eigenvalue weighted by atomic mass is 9.95. The molecule has 4 nitrogen and oxygen atoms in total. The third-order valence-corrected chi connectivity index (χ3v) is 3.52. The first-order chi connectivity index (χ1) is 8.74. The number of nitrogens with two attached hydrogens (primary N) is 1. The fourth-order valence-corrected chi connectivity index (χ4v) is 2.49. The smallest absolute Gasteiger partial charge is 0.162 e. The lowest BCUT2D eigenvalue weighted by molar-refractivity contribution is 0.355. The first kappa shape index (κ1) is 12.9. The maximum Gasteiger partial charge on any atom is 0.162 e. The molecule has 100 valence electrons. The van der Waals surface area contributed by atoms with E-state index in [-0.39, 0.29) is 0 Å². The molecule has 2 rings (SSSR count). The Morgan fingerprint density at radius 1 is 1.06 bits per heavy atom. The van der Waals surface area contributed by atoms with Crippen LogP contribution in [0.3, 0.4) is 0 Å². The molecule has 18 heavy (non-hydrogen) atoms. The molecule has 1 saturated carbocycles. The number of nitrogen functional groups attached to an aromatic ring is 1. The minimum absolute atomic E-state index is 0.527. The number of anilines is 2. The van der Waals surface area contributed by atoms with Gasteiger partial charge in [-0.2, -0.15) is 0 Å². The molecule has 1 aliphatic carbocycles. The Kier molecular flexibility index (Phi) is 4.18. The number of benzene rings is 1. The standard InChI is InChI=1S/C14H22N2O2/c1-17-13-8-11(15)12(9-14(13)18-2)16-10-6-4-3-5-7-10/h8-10,16H,3-7,15H2,1-2H3. The van der Waals surface area contributed by atoms with E-state index in [2.05, 4.69) is 5.32 Å². The van der Waals surface area contributed by atoms with E-state index in [0.717, 1.165) is 5.69 Å². The average molecular weight is 250 g/mol. The van der Waals surface area contributed by atoms with Crippen molar-refractivity contribution in [1.82, 2.24) is 0 Å². The summed E-state index contributed by atoms with van der Waals surface area (Å²) in [6.07, 6.45) is 6.37. The van der Waals surface area contributed by atoms with Gasteiger partial charge in [-0.3, -0.25) is 0 Å². The molecule has 0 bridgehead atoms. The van der Waals surface area contributed by atoms with E-state index < -0.39 is 0 Å².